The third-order valence-electron chi connectivity index (χ3n) is 2.63. The molecule has 0 amide bonds. The zero-order chi connectivity index (χ0) is 12.4. The second-order valence-corrected chi connectivity index (χ2v) is 3.65. The summed E-state index contributed by atoms with van der Waals surface area (Å²) in [7, 11) is 3.15. The van der Waals surface area contributed by atoms with E-state index in [0.29, 0.717) is 11.4 Å². The van der Waals surface area contributed by atoms with Crippen LogP contribution in [0.2, 0.25) is 0 Å². The van der Waals surface area contributed by atoms with Gasteiger partial charge in [0.1, 0.15) is 17.6 Å². The number of hydrogen-bond donors (Lipinski definition) is 1. The van der Waals surface area contributed by atoms with Crippen molar-refractivity contribution in [2.75, 3.05) is 7.11 Å². The second kappa shape index (κ2) is 4.55. The van der Waals surface area contributed by atoms with Gasteiger partial charge in [0.25, 0.3) is 0 Å². The molecule has 1 N–H and O–H groups in total. The van der Waals surface area contributed by atoms with Crippen molar-refractivity contribution >= 4 is 0 Å². The highest BCUT2D eigenvalue weighted by molar-refractivity contribution is 5.35. The maximum Gasteiger partial charge on any atom is 0.162 e. The smallest absolute Gasteiger partial charge is 0.162 e. The van der Waals surface area contributed by atoms with Gasteiger partial charge in [0.15, 0.2) is 5.75 Å². The van der Waals surface area contributed by atoms with E-state index >= 15 is 0 Å². The van der Waals surface area contributed by atoms with E-state index in [1.807, 2.05) is 0 Å². The number of benzene rings is 1. The van der Waals surface area contributed by atoms with Gasteiger partial charge in [-0.3, -0.25) is 4.68 Å². The first kappa shape index (κ1) is 11.6. The van der Waals surface area contributed by atoms with Crippen LogP contribution >= 0.6 is 0 Å². The van der Waals surface area contributed by atoms with Gasteiger partial charge in [-0.05, 0) is 6.07 Å². The average molecular weight is 236 g/mol. The molecule has 5 heteroatoms. The fourth-order valence-corrected chi connectivity index (χ4v) is 1.74. The molecule has 0 saturated carbocycles. The first-order chi connectivity index (χ1) is 8.15. The number of hydrogen-bond acceptors (Lipinski definition) is 3. The van der Waals surface area contributed by atoms with Crippen molar-refractivity contribution in [3.8, 4) is 5.75 Å². The summed E-state index contributed by atoms with van der Waals surface area (Å²) in [6, 6.07) is 6.09. The Morgan fingerprint density at radius 2 is 2.12 bits per heavy atom. The van der Waals surface area contributed by atoms with E-state index in [0.717, 1.165) is 0 Å². The summed E-state index contributed by atoms with van der Waals surface area (Å²) in [4.78, 5) is 0. The summed E-state index contributed by atoms with van der Waals surface area (Å²) in [6.07, 6.45) is 0.387. The van der Waals surface area contributed by atoms with E-state index in [2.05, 4.69) is 5.10 Å². The molecule has 90 valence electrons. The molecule has 1 aromatic heterocycles. The highest BCUT2D eigenvalue weighted by Crippen LogP contribution is 2.30. The lowest BCUT2D eigenvalue weighted by Gasteiger charge is -2.13. The Labute approximate surface area is 98.3 Å². The van der Waals surface area contributed by atoms with Crippen LogP contribution in [0.25, 0.3) is 0 Å². The number of aliphatic hydroxyl groups is 1. The number of rotatable bonds is 3. The summed E-state index contributed by atoms with van der Waals surface area (Å²) >= 11 is 0. The van der Waals surface area contributed by atoms with Crippen LogP contribution in [0.3, 0.4) is 0 Å². The van der Waals surface area contributed by atoms with Crippen molar-refractivity contribution < 1.29 is 14.2 Å². The number of halogens is 1. The summed E-state index contributed by atoms with van der Waals surface area (Å²) in [6.45, 7) is 0. The minimum absolute atomic E-state index is 0.203. The van der Waals surface area contributed by atoms with E-state index in [4.69, 9.17) is 4.74 Å². The molecule has 0 radical (unpaired) electrons. The number of ether oxygens (including phenoxy) is 1. The fraction of sp³-hybridized carbons (Fsp3) is 0.250. The molecule has 0 aliphatic rings. The minimum Gasteiger partial charge on any atom is -0.493 e. The van der Waals surface area contributed by atoms with Crippen LogP contribution < -0.4 is 4.74 Å². The monoisotopic (exact) mass is 236 g/mol. The molecule has 0 spiro atoms. The van der Waals surface area contributed by atoms with Gasteiger partial charge in [-0.1, -0.05) is 18.2 Å². The maximum atomic E-state index is 13.6. The Balaban J connectivity index is 2.47. The highest BCUT2D eigenvalue weighted by Gasteiger charge is 2.22. The second-order valence-electron chi connectivity index (χ2n) is 3.65. The number of aromatic nitrogens is 2. The quantitative estimate of drug-likeness (QED) is 0.881. The van der Waals surface area contributed by atoms with E-state index in [1.54, 1.807) is 19.2 Å². The zero-order valence-electron chi connectivity index (χ0n) is 9.59. The van der Waals surface area contributed by atoms with Gasteiger partial charge in [0.05, 0.1) is 13.3 Å². The van der Waals surface area contributed by atoms with Gasteiger partial charge >= 0.3 is 0 Å². The molecule has 2 aromatic rings. The third-order valence-corrected chi connectivity index (χ3v) is 2.63. The van der Waals surface area contributed by atoms with Crippen molar-refractivity contribution in [2.24, 2.45) is 7.05 Å². The lowest BCUT2D eigenvalue weighted by molar-refractivity contribution is 0.199. The van der Waals surface area contributed by atoms with Crippen molar-refractivity contribution in [1.29, 1.82) is 0 Å². The van der Waals surface area contributed by atoms with Crippen molar-refractivity contribution in [2.45, 2.75) is 6.10 Å². The van der Waals surface area contributed by atoms with E-state index in [1.165, 1.54) is 30.1 Å². The molecule has 0 fully saturated rings. The van der Waals surface area contributed by atoms with Crippen LogP contribution in [0.4, 0.5) is 4.39 Å². The molecule has 0 aliphatic carbocycles. The van der Waals surface area contributed by atoms with Crippen molar-refractivity contribution in [3.05, 3.63) is 47.5 Å². The molecule has 1 heterocycles. The fourth-order valence-electron chi connectivity index (χ4n) is 1.74. The largest absolute Gasteiger partial charge is 0.493 e. The number of aliphatic hydroxyl groups excluding tert-OH is 1. The van der Waals surface area contributed by atoms with E-state index in [9.17, 15) is 9.50 Å². The Morgan fingerprint density at radius 3 is 2.76 bits per heavy atom. The third kappa shape index (κ3) is 2.01. The molecule has 4 nitrogen and oxygen atoms in total. The van der Waals surface area contributed by atoms with Gasteiger partial charge in [0.2, 0.25) is 0 Å². The van der Waals surface area contributed by atoms with Crippen LogP contribution in [0.5, 0.6) is 5.75 Å². The van der Waals surface area contributed by atoms with Gasteiger partial charge in [0, 0.05) is 12.6 Å². The van der Waals surface area contributed by atoms with E-state index in [-0.39, 0.29) is 5.56 Å². The Bertz CT molecular complexity index is 525. The van der Waals surface area contributed by atoms with Crippen molar-refractivity contribution in [3.63, 3.8) is 0 Å². The van der Waals surface area contributed by atoms with E-state index < -0.39 is 11.9 Å². The Kier molecular flexibility index (Phi) is 3.10. The van der Waals surface area contributed by atoms with Crippen LogP contribution in [-0.2, 0) is 7.05 Å². The first-order valence-corrected chi connectivity index (χ1v) is 5.13. The molecule has 0 saturated heterocycles. The lowest BCUT2D eigenvalue weighted by atomic mass is 10.1. The molecule has 17 heavy (non-hydrogen) atoms. The molecule has 1 unspecified atom stereocenters. The topological polar surface area (TPSA) is 47.3 Å². The zero-order valence-corrected chi connectivity index (χ0v) is 9.59. The summed E-state index contributed by atoms with van der Waals surface area (Å²) in [5, 5.41) is 14.1. The Morgan fingerprint density at radius 1 is 1.41 bits per heavy atom. The van der Waals surface area contributed by atoms with Gasteiger partial charge < -0.3 is 9.84 Å². The summed E-state index contributed by atoms with van der Waals surface area (Å²) < 4.78 is 20.1. The number of methoxy groups -OCH3 is 1. The summed E-state index contributed by atoms with van der Waals surface area (Å²) in [5.74, 6) is -0.0218. The first-order valence-electron chi connectivity index (χ1n) is 5.13. The summed E-state index contributed by atoms with van der Waals surface area (Å²) in [5.41, 5.74) is 0.631. The normalized spacial score (nSPS) is 12.5. The SMILES string of the molecule is COc1cnn(C)c1C(O)c1ccccc1F. The van der Waals surface area contributed by atoms with Crippen LogP contribution in [0, 0.1) is 5.82 Å². The minimum atomic E-state index is -1.10. The highest BCUT2D eigenvalue weighted by atomic mass is 19.1. The predicted molar refractivity (Wildman–Crippen MR) is 60.2 cm³/mol. The molecule has 0 aliphatic heterocycles. The van der Waals surface area contributed by atoms with Gasteiger partial charge in [-0.25, -0.2) is 4.39 Å². The number of aryl methyl sites for hydroxylation is 1. The molecule has 0 bridgehead atoms. The van der Waals surface area contributed by atoms with Gasteiger partial charge in [-0.2, -0.15) is 5.10 Å². The molecule has 1 aromatic carbocycles. The Hall–Kier alpha value is -1.88. The van der Waals surface area contributed by atoms with Gasteiger partial charge in [-0.15, -0.1) is 0 Å². The maximum absolute atomic E-state index is 13.6. The predicted octanol–water partition coefficient (Wildman–Crippen LogP) is 1.65. The van der Waals surface area contributed by atoms with Crippen LogP contribution in [-0.4, -0.2) is 22.0 Å². The molecule has 1 atom stereocenters. The van der Waals surface area contributed by atoms with Crippen LogP contribution in [0.1, 0.15) is 17.4 Å². The molecular weight excluding hydrogens is 223 g/mol. The standard InChI is InChI=1S/C12H13FN2O2/c1-15-11(10(17-2)7-14-15)12(16)8-5-3-4-6-9(8)13/h3-7,12,16H,1-2H3. The van der Waals surface area contributed by atoms with Crippen molar-refractivity contribution in [1.82, 2.24) is 9.78 Å². The molecular formula is C12H13FN2O2. The number of nitrogens with zero attached hydrogens (tertiary/aromatic N) is 2. The molecule has 2 rings (SSSR count). The van der Waals surface area contributed by atoms with Crippen LogP contribution in [0.15, 0.2) is 30.5 Å². The average Bonchev–Trinajstić information content (AvgIpc) is 2.70. The lowest BCUT2D eigenvalue weighted by Crippen LogP contribution is -2.09.